The number of hydrogen-bond acceptors (Lipinski definition) is 6. The van der Waals surface area contributed by atoms with E-state index in [1.54, 1.807) is 30.6 Å². The van der Waals surface area contributed by atoms with Gasteiger partial charge in [-0.1, -0.05) is 42.0 Å². The van der Waals surface area contributed by atoms with E-state index in [1.807, 2.05) is 28.9 Å². The van der Waals surface area contributed by atoms with Gasteiger partial charge in [-0.05, 0) is 30.7 Å². The van der Waals surface area contributed by atoms with Gasteiger partial charge in [0.1, 0.15) is 11.6 Å². The van der Waals surface area contributed by atoms with Crippen LogP contribution in [0.2, 0.25) is 0 Å². The van der Waals surface area contributed by atoms with Crippen LogP contribution < -0.4 is 9.80 Å². The van der Waals surface area contributed by atoms with Crippen molar-refractivity contribution in [3.05, 3.63) is 84.2 Å². The molecule has 10 heteroatoms. The first kappa shape index (κ1) is 23.7. The van der Waals surface area contributed by atoms with E-state index in [0.717, 1.165) is 5.56 Å². The molecule has 0 atom stereocenters. The molecule has 0 radical (unpaired) electrons. The molecular weight excluding hydrogens is 472 g/mol. The fraction of sp³-hybridized carbons (Fsp3) is 0.231. The Hall–Kier alpha value is -4.08. The lowest BCUT2D eigenvalue weighted by Gasteiger charge is -2.36. The van der Waals surface area contributed by atoms with Gasteiger partial charge in [0.05, 0.1) is 11.3 Å². The molecule has 1 fully saturated rings. The lowest BCUT2D eigenvalue weighted by Crippen LogP contribution is -2.47. The minimum atomic E-state index is -4.74. The Balaban J connectivity index is 1.64. The summed E-state index contributed by atoms with van der Waals surface area (Å²) in [4.78, 5) is 20.3. The van der Waals surface area contributed by atoms with Crippen LogP contribution in [-0.2, 0) is 6.18 Å². The van der Waals surface area contributed by atoms with Crippen molar-refractivity contribution in [1.29, 1.82) is 0 Å². The summed E-state index contributed by atoms with van der Waals surface area (Å²) in [6.07, 6.45) is -1.44. The molecule has 0 bridgehead atoms. The highest BCUT2D eigenvalue weighted by Crippen LogP contribution is 2.40. The first-order valence-electron chi connectivity index (χ1n) is 11.4. The predicted octanol–water partition coefficient (Wildman–Crippen LogP) is 5.39. The molecule has 1 saturated heterocycles. The van der Waals surface area contributed by atoms with E-state index < -0.39 is 17.8 Å². The summed E-state index contributed by atoms with van der Waals surface area (Å²) in [5.74, 6) is -0.933. The van der Waals surface area contributed by atoms with E-state index in [2.05, 4.69) is 19.9 Å². The minimum absolute atomic E-state index is 0.146. The molecule has 0 aliphatic carbocycles. The standard InChI is InChI=1S/C26H22F4N6/c1-17-3-5-19(6-4-17)22-21(18-7-9-20(27)10-8-18)23(34-24(33-22)26(28,29)30)35-13-15-36(16-14-35)25-31-11-2-12-32-25/h2-12H,13-16H2,1H3. The van der Waals surface area contributed by atoms with Crippen LogP contribution in [0, 0.1) is 12.7 Å². The second kappa shape index (κ2) is 9.52. The van der Waals surface area contributed by atoms with Gasteiger partial charge in [0, 0.05) is 44.1 Å². The van der Waals surface area contributed by atoms with Gasteiger partial charge in [-0.3, -0.25) is 0 Å². The molecule has 0 unspecified atom stereocenters. The molecule has 0 saturated carbocycles. The zero-order chi connectivity index (χ0) is 25.3. The van der Waals surface area contributed by atoms with Crippen LogP contribution in [0.5, 0.6) is 0 Å². The van der Waals surface area contributed by atoms with Crippen molar-refractivity contribution in [2.45, 2.75) is 13.1 Å². The Bertz CT molecular complexity index is 1330. The topological polar surface area (TPSA) is 58.0 Å². The average Bonchev–Trinajstić information content (AvgIpc) is 2.89. The lowest BCUT2D eigenvalue weighted by atomic mass is 9.98. The summed E-state index contributed by atoms with van der Waals surface area (Å²) in [5, 5.41) is 0. The number of piperazine rings is 1. The lowest BCUT2D eigenvalue weighted by molar-refractivity contribution is -0.144. The molecule has 1 aliphatic heterocycles. The van der Waals surface area contributed by atoms with Crippen molar-refractivity contribution in [2.24, 2.45) is 0 Å². The van der Waals surface area contributed by atoms with Gasteiger partial charge in [0.25, 0.3) is 0 Å². The highest BCUT2D eigenvalue weighted by molar-refractivity contribution is 5.89. The smallest absolute Gasteiger partial charge is 0.352 e. The van der Waals surface area contributed by atoms with Crippen molar-refractivity contribution in [3.8, 4) is 22.4 Å². The molecule has 6 nitrogen and oxygen atoms in total. The van der Waals surface area contributed by atoms with Crippen LogP contribution in [0.25, 0.3) is 22.4 Å². The number of hydrogen-bond donors (Lipinski definition) is 0. The molecule has 3 heterocycles. The maximum atomic E-state index is 13.9. The van der Waals surface area contributed by atoms with E-state index in [1.165, 1.54) is 24.3 Å². The van der Waals surface area contributed by atoms with Crippen molar-refractivity contribution in [2.75, 3.05) is 36.0 Å². The largest absolute Gasteiger partial charge is 0.451 e. The summed E-state index contributed by atoms with van der Waals surface area (Å²) >= 11 is 0. The van der Waals surface area contributed by atoms with Crippen molar-refractivity contribution in [1.82, 2.24) is 19.9 Å². The van der Waals surface area contributed by atoms with E-state index in [9.17, 15) is 17.6 Å². The second-order valence-electron chi connectivity index (χ2n) is 8.49. The first-order valence-corrected chi connectivity index (χ1v) is 11.4. The molecule has 2 aromatic carbocycles. The monoisotopic (exact) mass is 494 g/mol. The molecule has 0 N–H and O–H groups in total. The SMILES string of the molecule is Cc1ccc(-c2nc(C(F)(F)F)nc(N3CCN(c4ncccn4)CC3)c2-c2ccc(F)cc2)cc1. The van der Waals surface area contributed by atoms with E-state index in [4.69, 9.17) is 0 Å². The molecule has 0 amide bonds. The molecule has 2 aromatic heterocycles. The molecule has 0 spiro atoms. The zero-order valence-electron chi connectivity index (χ0n) is 19.4. The fourth-order valence-electron chi connectivity index (χ4n) is 4.18. The third-order valence-electron chi connectivity index (χ3n) is 6.02. The molecule has 5 rings (SSSR count). The van der Waals surface area contributed by atoms with Crippen LogP contribution in [0.15, 0.2) is 67.0 Å². The van der Waals surface area contributed by atoms with Gasteiger partial charge in [-0.2, -0.15) is 13.2 Å². The fourth-order valence-corrected chi connectivity index (χ4v) is 4.18. The van der Waals surface area contributed by atoms with Crippen LogP contribution >= 0.6 is 0 Å². The highest BCUT2D eigenvalue weighted by Gasteiger charge is 2.38. The number of halogens is 4. The average molecular weight is 494 g/mol. The van der Waals surface area contributed by atoms with E-state index in [-0.39, 0.29) is 11.5 Å². The van der Waals surface area contributed by atoms with Crippen molar-refractivity contribution >= 4 is 11.8 Å². The molecule has 1 aliphatic rings. The van der Waals surface area contributed by atoms with Crippen LogP contribution in [0.4, 0.5) is 29.3 Å². The zero-order valence-corrected chi connectivity index (χ0v) is 19.4. The van der Waals surface area contributed by atoms with Crippen molar-refractivity contribution < 1.29 is 17.6 Å². The van der Waals surface area contributed by atoms with Gasteiger partial charge in [0.15, 0.2) is 0 Å². The molecule has 4 aromatic rings. The Labute approximate surface area is 205 Å². The molecule has 36 heavy (non-hydrogen) atoms. The Kier molecular flexibility index (Phi) is 6.26. The van der Waals surface area contributed by atoms with Crippen LogP contribution in [-0.4, -0.2) is 46.1 Å². The van der Waals surface area contributed by atoms with Gasteiger partial charge >= 0.3 is 6.18 Å². The number of aromatic nitrogens is 4. The quantitative estimate of drug-likeness (QED) is 0.355. The second-order valence-corrected chi connectivity index (χ2v) is 8.49. The Morgan fingerprint density at radius 2 is 1.33 bits per heavy atom. The minimum Gasteiger partial charge on any atom is -0.352 e. The molecule has 184 valence electrons. The van der Waals surface area contributed by atoms with E-state index >= 15 is 0 Å². The number of nitrogens with zero attached hydrogens (tertiary/aromatic N) is 6. The maximum Gasteiger partial charge on any atom is 0.451 e. The summed E-state index contributed by atoms with van der Waals surface area (Å²) in [7, 11) is 0. The summed E-state index contributed by atoms with van der Waals surface area (Å²) in [6, 6.07) is 14.5. The van der Waals surface area contributed by atoms with Gasteiger partial charge in [-0.15, -0.1) is 0 Å². The van der Waals surface area contributed by atoms with Crippen LogP contribution in [0.3, 0.4) is 0 Å². The predicted molar refractivity (Wildman–Crippen MR) is 129 cm³/mol. The number of alkyl halides is 3. The highest BCUT2D eigenvalue weighted by atomic mass is 19.4. The van der Waals surface area contributed by atoms with Gasteiger partial charge in [0.2, 0.25) is 11.8 Å². The Morgan fingerprint density at radius 1 is 0.750 bits per heavy atom. The summed E-state index contributed by atoms with van der Waals surface area (Å²) < 4.78 is 55.6. The molecular formula is C26H22F4N6. The normalized spacial score (nSPS) is 14.2. The van der Waals surface area contributed by atoms with Crippen LogP contribution in [0.1, 0.15) is 11.4 Å². The Morgan fingerprint density at radius 3 is 1.94 bits per heavy atom. The third kappa shape index (κ3) is 4.84. The number of rotatable bonds is 4. The van der Waals surface area contributed by atoms with Gasteiger partial charge in [-0.25, -0.2) is 24.3 Å². The van der Waals surface area contributed by atoms with Gasteiger partial charge < -0.3 is 9.80 Å². The third-order valence-corrected chi connectivity index (χ3v) is 6.02. The number of benzene rings is 2. The summed E-state index contributed by atoms with van der Waals surface area (Å²) in [5.41, 5.74) is 2.59. The summed E-state index contributed by atoms with van der Waals surface area (Å²) in [6.45, 7) is 3.69. The maximum absolute atomic E-state index is 13.9. The van der Waals surface area contributed by atoms with E-state index in [0.29, 0.717) is 48.8 Å². The van der Waals surface area contributed by atoms with Crippen molar-refractivity contribution in [3.63, 3.8) is 0 Å². The number of anilines is 2. The number of aryl methyl sites for hydroxylation is 1. The first-order chi connectivity index (χ1) is 17.3.